The van der Waals surface area contributed by atoms with E-state index < -0.39 is 12.0 Å². The molecule has 2 aromatic heterocycles. The molecule has 34 heavy (non-hydrogen) atoms. The number of anilines is 2. The van der Waals surface area contributed by atoms with Gasteiger partial charge in [0.15, 0.2) is 11.9 Å². The first-order valence-electron chi connectivity index (χ1n) is 10.8. The molecule has 0 saturated heterocycles. The summed E-state index contributed by atoms with van der Waals surface area (Å²) >= 11 is 1.38. The van der Waals surface area contributed by atoms with E-state index in [1.54, 1.807) is 24.3 Å². The number of carbonyl (C=O) groups is 2. The second-order valence-corrected chi connectivity index (χ2v) is 8.46. The van der Waals surface area contributed by atoms with Crippen LogP contribution in [0.25, 0.3) is 20.9 Å². The Hall–Kier alpha value is -4.11. The summed E-state index contributed by atoms with van der Waals surface area (Å²) in [5.41, 5.74) is 2.65. The summed E-state index contributed by atoms with van der Waals surface area (Å²) in [5, 5.41) is 16.3. The van der Waals surface area contributed by atoms with Gasteiger partial charge in [0.25, 0.3) is 0 Å². The minimum absolute atomic E-state index is 0.168. The number of carboxylic acid groups (broad SMARTS) is 1. The minimum Gasteiger partial charge on any atom is -0.479 e. The number of hydrogen-bond donors (Lipinski definition) is 3. The van der Waals surface area contributed by atoms with Gasteiger partial charge in [-0.1, -0.05) is 61.1 Å². The molecular weight excluding hydrogens is 450 g/mol. The van der Waals surface area contributed by atoms with Crippen LogP contribution in [0.4, 0.5) is 11.5 Å². The highest BCUT2D eigenvalue weighted by Crippen LogP contribution is 2.33. The lowest BCUT2D eigenvalue weighted by Gasteiger charge is -2.15. The number of nitrogens with zero attached hydrogens (tertiary/aromatic N) is 3. The van der Waals surface area contributed by atoms with Crippen molar-refractivity contribution in [1.82, 2.24) is 15.0 Å². The van der Waals surface area contributed by atoms with Crippen LogP contribution in [0.15, 0.2) is 73.1 Å². The van der Waals surface area contributed by atoms with E-state index in [0.29, 0.717) is 32.4 Å². The van der Waals surface area contributed by atoms with Crippen molar-refractivity contribution >= 4 is 45.1 Å². The van der Waals surface area contributed by atoms with E-state index in [9.17, 15) is 14.7 Å². The fourth-order valence-electron chi connectivity index (χ4n) is 3.29. The van der Waals surface area contributed by atoms with Crippen LogP contribution in [0.2, 0.25) is 0 Å². The number of hydrogen-bond acceptors (Lipinski definition) is 7. The van der Waals surface area contributed by atoms with Gasteiger partial charge in [-0.2, -0.15) is 0 Å². The van der Waals surface area contributed by atoms with E-state index in [-0.39, 0.29) is 5.91 Å². The fraction of sp³-hybridized carbons (Fsp3) is 0.160. The average molecular weight is 474 g/mol. The first-order valence-corrected chi connectivity index (χ1v) is 11.6. The Balaban J connectivity index is 1.56. The molecule has 9 heteroatoms. The van der Waals surface area contributed by atoms with Crippen molar-refractivity contribution in [2.24, 2.45) is 0 Å². The van der Waals surface area contributed by atoms with Gasteiger partial charge < -0.3 is 15.7 Å². The monoisotopic (exact) mass is 473 g/mol. The molecular formula is C25H23N5O3S. The summed E-state index contributed by atoms with van der Waals surface area (Å²) in [4.78, 5) is 37.7. The summed E-state index contributed by atoms with van der Waals surface area (Å²) in [6.07, 6.45) is 6.64. The number of allylic oxidation sites excluding steroid dienone is 1. The summed E-state index contributed by atoms with van der Waals surface area (Å²) in [6.45, 7) is 2.06. The van der Waals surface area contributed by atoms with Gasteiger partial charge >= 0.3 is 5.97 Å². The van der Waals surface area contributed by atoms with Crippen molar-refractivity contribution in [2.75, 3.05) is 10.6 Å². The molecule has 3 N–H and O–H groups in total. The summed E-state index contributed by atoms with van der Waals surface area (Å²) in [5.74, 6) is -0.833. The van der Waals surface area contributed by atoms with Gasteiger partial charge in [0.2, 0.25) is 5.91 Å². The van der Waals surface area contributed by atoms with E-state index >= 15 is 0 Å². The van der Waals surface area contributed by atoms with Crippen molar-refractivity contribution in [1.29, 1.82) is 0 Å². The molecule has 0 bridgehead atoms. The van der Waals surface area contributed by atoms with Gasteiger partial charge in [0.1, 0.15) is 21.7 Å². The lowest BCUT2D eigenvalue weighted by atomic mass is 10.1. The molecule has 2 aromatic carbocycles. The SMILES string of the molecule is CCC/C=C/C(=O)Nc1ccc(-c2nc3c(NC(C(=O)O)c4ccccc4)ncnc3s2)cc1. The van der Waals surface area contributed by atoms with Gasteiger partial charge in [-0.3, -0.25) is 4.79 Å². The van der Waals surface area contributed by atoms with Gasteiger partial charge in [0.05, 0.1) is 0 Å². The maximum Gasteiger partial charge on any atom is 0.330 e. The Bertz CT molecular complexity index is 1320. The third-order valence-corrected chi connectivity index (χ3v) is 5.99. The van der Waals surface area contributed by atoms with Gasteiger partial charge in [-0.05, 0) is 42.3 Å². The number of benzene rings is 2. The van der Waals surface area contributed by atoms with Crippen molar-refractivity contribution in [3.8, 4) is 10.6 Å². The van der Waals surface area contributed by atoms with Crippen molar-refractivity contribution < 1.29 is 14.7 Å². The number of amides is 1. The second-order valence-electron chi connectivity index (χ2n) is 7.48. The number of aliphatic carboxylic acids is 1. The number of fused-ring (bicyclic) bond motifs is 1. The molecule has 0 aliphatic carbocycles. The molecule has 4 rings (SSSR count). The van der Waals surface area contributed by atoms with Crippen LogP contribution < -0.4 is 10.6 Å². The molecule has 2 heterocycles. The maximum atomic E-state index is 12.0. The summed E-state index contributed by atoms with van der Waals surface area (Å²) < 4.78 is 0. The third-order valence-electron chi connectivity index (χ3n) is 4.98. The quantitative estimate of drug-likeness (QED) is 0.283. The van der Waals surface area contributed by atoms with E-state index in [2.05, 4.69) is 32.5 Å². The van der Waals surface area contributed by atoms with E-state index in [1.165, 1.54) is 23.7 Å². The van der Waals surface area contributed by atoms with Crippen LogP contribution in [0.5, 0.6) is 0 Å². The molecule has 0 fully saturated rings. The Morgan fingerprint density at radius 3 is 2.56 bits per heavy atom. The lowest BCUT2D eigenvalue weighted by molar-refractivity contribution is -0.138. The fourth-order valence-corrected chi connectivity index (χ4v) is 4.20. The van der Waals surface area contributed by atoms with Crippen LogP contribution in [0, 0.1) is 0 Å². The molecule has 0 radical (unpaired) electrons. The number of nitrogens with one attached hydrogen (secondary N) is 2. The maximum absolute atomic E-state index is 12.0. The zero-order valence-corrected chi connectivity index (χ0v) is 19.2. The number of aromatic nitrogens is 3. The first-order chi connectivity index (χ1) is 16.5. The number of carbonyl (C=O) groups excluding carboxylic acids is 1. The molecule has 0 aliphatic heterocycles. The van der Waals surface area contributed by atoms with Gasteiger partial charge in [-0.15, -0.1) is 0 Å². The number of rotatable bonds is 9. The molecule has 172 valence electrons. The number of thiazole rings is 1. The topological polar surface area (TPSA) is 117 Å². The summed E-state index contributed by atoms with van der Waals surface area (Å²) in [6, 6.07) is 15.3. The van der Waals surface area contributed by atoms with Crippen molar-refractivity contribution in [3.63, 3.8) is 0 Å². The molecule has 0 saturated carbocycles. The van der Waals surface area contributed by atoms with Crippen LogP contribution in [-0.4, -0.2) is 31.9 Å². The molecule has 8 nitrogen and oxygen atoms in total. The second kappa shape index (κ2) is 10.7. The van der Waals surface area contributed by atoms with E-state index in [4.69, 9.17) is 0 Å². The third kappa shape index (κ3) is 5.44. The Kier molecular flexibility index (Phi) is 7.24. The predicted molar refractivity (Wildman–Crippen MR) is 134 cm³/mol. The number of unbranched alkanes of at least 4 members (excludes halogenated alkanes) is 1. The highest BCUT2D eigenvalue weighted by Gasteiger charge is 2.22. The standard InChI is InChI=1S/C25H23N5O3S/c1-2-3-5-10-19(31)28-18-13-11-17(12-14-18)23-30-21-22(26-15-27-24(21)34-23)29-20(25(32)33)16-8-6-4-7-9-16/h4-15,20H,2-3H2,1H3,(H,28,31)(H,32,33)(H,26,27,29)/b10-5+. The highest BCUT2D eigenvalue weighted by atomic mass is 32.1. The normalized spacial score (nSPS) is 12.0. The zero-order chi connectivity index (χ0) is 23.9. The largest absolute Gasteiger partial charge is 0.479 e. The summed E-state index contributed by atoms with van der Waals surface area (Å²) in [7, 11) is 0. The van der Waals surface area contributed by atoms with E-state index in [0.717, 1.165) is 18.4 Å². The molecule has 1 atom stereocenters. The minimum atomic E-state index is -1.02. The highest BCUT2D eigenvalue weighted by molar-refractivity contribution is 7.21. The average Bonchev–Trinajstić information content (AvgIpc) is 3.29. The Labute approximate surface area is 200 Å². The Morgan fingerprint density at radius 2 is 1.85 bits per heavy atom. The van der Waals surface area contributed by atoms with Gasteiger partial charge in [0, 0.05) is 11.3 Å². The Morgan fingerprint density at radius 1 is 1.09 bits per heavy atom. The van der Waals surface area contributed by atoms with Crippen molar-refractivity contribution in [2.45, 2.75) is 25.8 Å². The molecule has 4 aromatic rings. The van der Waals surface area contributed by atoms with Crippen molar-refractivity contribution in [3.05, 3.63) is 78.6 Å². The van der Waals surface area contributed by atoms with Crippen LogP contribution in [-0.2, 0) is 9.59 Å². The van der Waals surface area contributed by atoms with Crippen LogP contribution in [0.1, 0.15) is 31.4 Å². The molecule has 0 spiro atoms. The van der Waals surface area contributed by atoms with E-state index in [1.807, 2.05) is 36.4 Å². The molecule has 0 aliphatic rings. The number of carboxylic acids is 1. The van der Waals surface area contributed by atoms with Crippen LogP contribution in [0.3, 0.4) is 0 Å². The molecule has 1 amide bonds. The smallest absolute Gasteiger partial charge is 0.330 e. The first kappa shape index (κ1) is 23.1. The zero-order valence-electron chi connectivity index (χ0n) is 18.4. The lowest BCUT2D eigenvalue weighted by Crippen LogP contribution is -2.21. The predicted octanol–water partition coefficient (Wildman–Crippen LogP) is 5.29. The van der Waals surface area contributed by atoms with Crippen LogP contribution >= 0.6 is 11.3 Å². The molecule has 1 unspecified atom stereocenters. The van der Waals surface area contributed by atoms with Gasteiger partial charge in [-0.25, -0.2) is 19.7 Å².